The van der Waals surface area contributed by atoms with Crippen LogP contribution in [0.15, 0.2) is 0 Å². The van der Waals surface area contributed by atoms with Crippen molar-refractivity contribution >= 4 is 11.9 Å². The third-order valence-corrected chi connectivity index (χ3v) is 5.51. The van der Waals surface area contributed by atoms with E-state index in [4.69, 9.17) is 4.74 Å². The first-order valence-corrected chi connectivity index (χ1v) is 8.30. The maximum atomic E-state index is 13.1. The molecule has 2 rings (SSSR count). The summed E-state index contributed by atoms with van der Waals surface area (Å²) in [6.07, 6.45) is -3.62. The molecule has 1 amide bonds. The van der Waals surface area contributed by atoms with Gasteiger partial charge in [0.05, 0.1) is 5.41 Å². The topological polar surface area (TPSA) is 66.8 Å². The Morgan fingerprint density at radius 1 is 1.17 bits per heavy atom. The average Bonchev–Trinajstić information content (AvgIpc) is 2.94. The molecule has 2 atom stereocenters. The minimum Gasteiger partial charge on any atom is -0.481 e. The summed E-state index contributed by atoms with van der Waals surface area (Å²) in [5.74, 6) is -3.06. The first-order chi connectivity index (χ1) is 11.1. The van der Waals surface area contributed by atoms with Crippen LogP contribution in [0, 0.1) is 11.3 Å². The van der Waals surface area contributed by atoms with E-state index >= 15 is 0 Å². The zero-order valence-corrected chi connectivity index (χ0v) is 13.9. The van der Waals surface area contributed by atoms with Gasteiger partial charge in [-0.3, -0.25) is 9.59 Å². The molecule has 1 aliphatic heterocycles. The van der Waals surface area contributed by atoms with Crippen LogP contribution < -0.4 is 0 Å². The fourth-order valence-corrected chi connectivity index (χ4v) is 3.99. The highest BCUT2D eigenvalue weighted by molar-refractivity contribution is 5.83. The molecule has 1 heterocycles. The van der Waals surface area contributed by atoms with Crippen molar-refractivity contribution in [3.05, 3.63) is 0 Å². The number of rotatable bonds is 4. The van der Waals surface area contributed by atoms with Gasteiger partial charge in [0.2, 0.25) is 0 Å². The van der Waals surface area contributed by atoms with E-state index in [1.165, 1.54) is 0 Å². The molecule has 1 saturated heterocycles. The first kappa shape index (κ1) is 19.0. The number of carbonyl (C=O) groups excluding carboxylic acids is 1. The van der Waals surface area contributed by atoms with Gasteiger partial charge in [0.15, 0.2) is 0 Å². The Balaban J connectivity index is 2.28. The maximum Gasteiger partial charge on any atom is 0.471 e. The minimum atomic E-state index is -4.95. The predicted octanol–water partition coefficient (Wildman–Crippen LogP) is 2.84. The van der Waals surface area contributed by atoms with Crippen LogP contribution in [-0.4, -0.2) is 53.4 Å². The van der Waals surface area contributed by atoms with Gasteiger partial charge in [-0.25, -0.2) is 0 Å². The second-order valence-corrected chi connectivity index (χ2v) is 7.07. The number of halogens is 3. The average molecular weight is 351 g/mol. The third-order valence-electron chi connectivity index (χ3n) is 5.51. The van der Waals surface area contributed by atoms with E-state index in [-0.39, 0.29) is 25.2 Å². The van der Waals surface area contributed by atoms with E-state index in [1.807, 2.05) is 0 Å². The van der Waals surface area contributed by atoms with E-state index in [0.717, 1.165) is 4.90 Å². The van der Waals surface area contributed by atoms with Gasteiger partial charge in [0.1, 0.15) is 0 Å². The van der Waals surface area contributed by atoms with Crippen LogP contribution >= 0.6 is 0 Å². The lowest BCUT2D eigenvalue weighted by molar-refractivity contribution is -0.192. The van der Waals surface area contributed by atoms with Crippen molar-refractivity contribution in [2.45, 2.75) is 64.2 Å². The summed E-state index contributed by atoms with van der Waals surface area (Å²) >= 11 is 0. The lowest BCUT2D eigenvalue weighted by atomic mass is 9.75. The summed E-state index contributed by atoms with van der Waals surface area (Å²) in [6, 6.07) is -1.24. The Labute approximate surface area is 139 Å². The van der Waals surface area contributed by atoms with Crippen LogP contribution in [0.5, 0.6) is 0 Å². The van der Waals surface area contributed by atoms with Crippen LogP contribution in [0.2, 0.25) is 0 Å². The van der Waals surface area contributed by atoms with Gasteiger partial charge in [0, 0.05) is 25.3 Å². The highest BCUT2D eigenvalue weighted by atomic mass is 19.4. The van der Waals surface area contributed by atoms with E-state index in [9.17, 15) is 27.9 Å². The fraction of sp³-hybridized carbons (Fsp3) is 0.875. The zero-order valence-electron chi connectivity index (χ0n) is 13.9. The number of carboxylic acid groups (broad SMARTS) is 1. The number of ether oxygens (including phenoxy) is 1. The molecule has 0 aromatic heterocycles. The molecular formula is C16H24F3NO4. The largest absolute Gasteiger partial charge is 0.481 e. The van der Waals surface area contributed by atoms with Gasteiger partial charge in [-0.1, -0.05) is 13.8 Å². The highest BCUT2D eigenvalue weighted by Crippen LogP contribution is 2.47. The molecule has 1 saturated carbocycles. The Bertz CT molecular complexity index is 488. The molecule has 0 aromatic rings. The van der Waals surface area contributed by atoms with Gasteiger partial charge < -0.3 is 14.7 Å². The Kier molecular flexibility index (Phi) is 5.47. The molecule has 2 aliphatic rings. The number of nitrogens with zero attached hydrogens (tertiary/aromatic N) is 1. The zero-order chi connectivity index (χ0) is 18.1. The predicted molar refractivity (Wildman–Crippen MR) is 79.3 cm³/mol. The molecule has 0 aromatic carbocycles. The van der Waals surface area contributed by atoms with Crippen LogP contribution in [0.4, 0.5) is 13.2 Å². The quantitative estimate of drug-likeness (QED) is 0.846. The van der Waals surface area contributed by atoms with Gasteiger partial charge in [0.25, 0.3) is 0 Å². The van der Waals surface area contributed by atoms with Crippen molar-refractivity contribution < 1.29 is 32.6 Å². The number of aliphatic carboxylic acids is 1. The second-order valence-electron chi connectivity index (χ2n) is 7.07. The summed E-state index contributed by atoms with van der Waals surface area (Å²) in [5.41, 5.74) is -1.07. The van der Waals surface area contributed by atoms with E-state index in [2.05, 4.69) is 0 Å². The van der Waals surface area contributed by atoms with Crippen LogP contribution in [0.3, 0.4) is 0 Å². The Hall–Kier alpha value is -1.31. The van der Waals surface area contributed by atoms with Gasteiger partial charge in [-0.2, -0.15) is 13.2 Å². The summed E-state index contributed by atoms with van der Waals surface area (Å²) in [5, 5.41) is 9.60. The number of hydrogen-bond donors (Lipinski definition) is 1. The van der Waals surface area contributed by atoms with Crippen LogP contribution in [0.25, 0.3) is 0 Å². The maximum absolute atomic E-state index is 13.1. The molecule has 24 heavy (non-hydrogen) atoms. The van der Waals surface area contributed by atoms with Gasteiger partial charge in [-0.15, -0.1) is 0 Å². The number of amides is 1. The molecule has 2 fully saturated rings. The van der Waals surface area contributed by atoms with Gasteiger partial charge >= 0.3 is 18.1 Å². The summed E-state index contributed by atoms with van der Waals surface area (Å²) in [4.78, 5) is 24.7. The standard InChI is InChI=1S/C16H24F3NO4/c1-10(2)15(14(22)23)6-3-12(9-15)20(13(21)16(17,18)19)11-4-7-24-8-5-11/h10-12H,3-9H2,1-2H3,(H,22,23)/t12?,15-/m0/s1. The van der Waals surface area contributed by atoms with Crippen molar-refractivity contribution in [2.24, 2.45) is 11.3 Å². The van der Waals surface area contributed by atoms with Crippen LogP contribution in [-0.2, 0) is 14.3 Å². The normalized spacial score (nSPS) is 29.0. The first-order valence-electron chi connectivity index (χ1n) is 8.30. The molecule has 138 valence electrons. The molecule has 1 unspecified atom stereocenters. The lowest BCUT2D eigenvalue weighted by Gasteiger charge is -2.39. The minimum absolute atomic E-state index is 0.0686. The van der Waals surface area contributed by atoms with Crippen molar-refractivity contribution in [2.75, 3.05) is 13.2 Å². The summed E-state index contributed by atoms with van der Waals surface area (Å²) in [7, 11) is 0. The molecule has 8 heteroatoms. The fourth-order valence-electron chi connectivity index (χ4n) is 3.99. The number of carbonyl (C=O) groups is 2. The molecule has 0 spiro atoms. The van der Waals surface area contributed by atoms with E-state index in [0.29, 0.717) is 26.1 Å². The van der Waals surface area contributed by atoms with Crippen LogP contribution in [0.1, 0.15) is 46.0 Å². The summed E-state index contributed by atoms with van der Waals surface area (Å²) < 4.78 is 44.4. The number of carboxylic acids is 1. The number of hydrogen-bond acceptors (Lipinski definition) is 3. The molecule has 5 nitrogen and oxygen atoms in total. The SMILES string of the molecule is CC(C)[C@]1(C(=O)O)CCC(N(C(=O)C(F)(F)F)C2CCOCC2)C1. The summed E-state index contributed by atoms with van der Waals surface area (Å²) in [6.45, 7) is 4.16. The molecule has 0 bridgehead atoms. The monoisotopic (exact) mass is 351 g/mol. The second kappa shape index (κ2) is 6.90. The van der Waals surface area contributed by atoms with Crippen molar-refractivity contribution in [3.63, 3.8) is 0 Å². The van der Waals surface area contributed by atoms with E-state index < -0.39 is 35.6 Å². The van der Waals surface area contributed by atoms with Gasteiger partial charge in [-0.05, 0) is 38.0 Å². The van der Waals surface area contributed by atoms with E-state index in [1.54, 1.807) is 13.8 Å². The van der Waals surface area contributed by atoms with Crippen molar-refractivity contribution in [1.82, 2.24) is 4.90 Å². The Morgan fingerprint density at radius 2 is 1.75 bits per heavy atom. The number of alkyl halides is 3. The molecule has 1 aliphatic carbocycles. The molecule has 1 N–H and O–H groups in total. The molecular weight excluding hydrogens is 327 g/mol. The van der Waals surface area contributed by atoms with Crippen molar-refractivity contribution in [1.29, 1.82) is 0 Å². The Morgan fingerprint density at radius 3 is 2.17 bits per heavy atom. The molecule has 0 radical (unpaired) electrons. The lowest BCUT2D eigenvalue weighted by Crippen LogP contribution is -2.53. The highest BCUT2D eigenvalue weighted by Gasteiger charge is 2.54. The van der Waals surface area contributed by atoms with Crippen molar-refractivity contribution in [3.8, 4) is 0 Å². The third kappa shape index (κ3) is 3.53. The smallest absolute Gasteiger partial charge is 0.471 e.